The number of likely N-dealkylation sites (tertiary alicyclic amines) is 1. The van der Waals surface area contributed by atoms with E-state index in [-0.39, 0.29) is 12.5 Å². The molecule has 2 aromatic heterocycles. The molecule has 1 aliphatic heterocycles. The van der Waals surface area contributed by atoms with Gasteiger partial charge in [-0.3, -0.25) is 4.79 Å². The summed E-state index contributed by atoms with van der Waals surface area (Å²) in [6, 6.07) is 25.9. The highest BCUT2D eigenvalue weighted by molar-refractivity contribution is 7.18. The van der Waals surface area contributed by atoms with E-state index in [0.717, 1.165) is 54.1 Å². The zero-order valence-corrected chi connectivity index (χ0v) is 20.2. The van der Waals surface area contributed by atoms with Crippen molar-refractivity contribution in [2.75, 3.05) is 13.1 Å². The van der Waals surface area contributed by atoms with Crippen LogP contribution in [0.5, 0.6) is 5.75 Å². The molecule has 1 fully saturated rings. The lowest BCUT2D eigenvalue weighted by atomic mass is 9.97. The first kappa shape index (κ1) is 21.8. The molecule has 0 unspecified atom stereocenters. The van der Waals surface area contributed by atoms with Gasteiger partial charge in [-0.25, -0.2) is 9.97 Å². The van der Waals surface area contributed by atoms with Crippen LogP contribution in [0.1, 0.15) is 29.6 Å². The van der Waals surface area contributed by atoms with Gasteiger partial charge in [0.2, 0.25) is 5.91 Å². The Bertz CT molecular complexity index is 1440. The summed E-state index contributed by atoms with van der Waals surface area (Å²) in [5.41, 5.74) is 2.90. The van der Waals surface area contributed by atoms with Crippen LogP contribution >= 0.6 is 11.3 Å². The van der Waals surface area contributed by atoms with Crippen LogP contribution in [0.25, 0.3) is 21.3 Å². The molecule has 5 aromatic rings. The average Bonchev–Trinajstić information content (AvgIpc) is 3.50. The van der Waals surface area contributed by atoms with Crippen molar-refractivity contribution in [2.45, 2.75) is 31.9 Å². The Hall–Kier alpha value is -3.71. The smallest absolute Gasteiger partial charge is 0.242 e. The summed E-state index contributed by atoms with van der Waals surface area (Å²) in [7, 11) is 0. The molecular formula is C28H26N4O2S. The number of ether oxygens (including phenoxy) is 1. The van der Waals surface area contributed by atoms with Crippen LogP contribution in [-0.4, -0.2) is 38.4 Å². The molecule has 0 saturated carbocycles. The molecule has 0 radical (unpaired) electrons. The highest BCUT2D eigenvalue weighted by Gasteiger charge is 2.27. The molecule has 35 heavy (non-hydrogen) atoms. The molecule has 1 saturated heterocycles. The molecule has 0 N–H and O–H groups in total. The number of hydrogen-bond acceptors (Lipinski definition) is 5. The molecule has 3 aromatic carbocycles. The Morgan fingerprint density at radius 2 is 1.60 bits per heavy atom. The van der Waals surface area contributed by atoms with Crippen molar-refractivity contribution in [3.8, 4) is 5.75 Å². The standard InChI is InChI=1S/C28H26N4O2S/c33-27(31-16-14-20(15-17-31)28-30-23-11-5-7-13-25(23)35-28)18-32-24-12-6-4-10-22(24)29-26(32)19-34-21-8-2-1-3-9-21/h1-13,20H,14-19H2. The fourth-order valence-electron chi connectivity index (χ4n) is 4.75. The number of piperidine rings is 1. The minimum atomic E-state index is 0.122. The second kappa shape index (κ2) is 9.50. The first-order valence-corrected chi connectivity index (χ1v) is 12.8. The van der Waals surface area contributed by atoms with E-state index in [1.165, 1.54) is 9.71 Å². The van der Waals surface area contributed by atoms with E-state index in [1.807, 2.05) is 70.1 Å². The first-order chi connectivity index (χ1) is 17.2. The number of carbonyl (C=O) groups excluding carboxylic acids is 1. The molecule has 176 valence electrons. The monoisotopic (exact) mass is 482 g/mol. The Morgan fingerprint density at radius 1 is 0.886 bits per heavy atom. The van der Waals surface area contributed by atoms with Crippen molar-refractivity contribution in [2.24, 2.45) is 0 Å². The van der Waals surface area contributed by atoms with Crippen LogP contribution in [-0.2, 0) is 17.9 Å². The van der Waals surface area contributed by atoms with E-state index in [2.05, 4.69) is 18.2 Å². The Morgan fingerprint density at radius 3 is 2.40 bits per heavy atom. The number of fused-ring (bicyclic) bond motifs is 2. The lowest BCUT2D eigenvalue weighted by Crippen LogP contribution is -2.40. The quantitative estimate of drug-likeness (QED) is 0.315. The summed E-state index contributed by atoms with van der Waals surface area (Å²) >= 11 is 1.78. The lowest BCUT2D eigenvalue weighted by molar-refractivity contribution is -0.132. The van der Waals surface area contributed by atoms with Gasteiger partial charge in [0.15, 0.2) is 0 Å². The van der Waals surface area contributed by atoms with Gasteiger partial charge in [0.25, 0.3) is 0 Å². The molecule has 0 spiro atoms. The molecule has 0 bridgehead atoms. The van der Waals surface area contributed by atoms with Gasteiger partial charge in [-0.15, -0.1) is 11.3 Å². The fourth-order valence-corrected chi connectivity index (χ4v) is 5.89. The molecular weight excluding hydrogens is 456 g/mol. The van der Waals surface area contributed by atoms with Crippen molar-refractivity contribution in [3.05, 3.63) is 89.7 Å². The van der Waals surface area contributed by atoms with E-state index in [0.29, 0.717) is 12.5 Å². The molecule has 1 amide bonds. The van der Waals surface area contributed by atoms with E-state index in [4.69, 9.17) is 14.7 Å². The maximum Gasteiger partial charge on any atom is 0.242 e. The molecule has 1 aliphatic rings. The lowest BCUT2D eigenvalue weighted by Gasteiger charge is -2.31. The molecule has 0 aliphatic carbocycles. The van der Waals surface area contributed by atoms with Crippen molar-refractivity contribution < 1.29 is 9.53 Å². The third-order valence-corrected chi connectivity index (χ3v) is 7.84. The van der Waals surface area contributed by atoms with Crippen molar-refractivity contribution in [3.63, 3.8) is 0 Å². The molecule has 0 atom stereocenters. The van der Waals surface area contributed by atoms with Gasteiger partial charge in [-0.2, -0.15) is 0 Å². The summed E-state index contributed by atoms with van der Waals surface area (Å²) < 4.78 is 9.20. The summed E-state index contributed by atoms with van der Waals surface area (Å²) in [5, 5.41) is 1.19. The van der Waals surface area contributed by atoms with E-state index < -0.39 is 0 Å². The molecule has 6 nitrogen and oxygen atoms in total. The SMILES string of the molecule is O=C(Cn1c(COc2ccccc2)nc2ccccc21)N1CCC(c2nc3ccccc3s2)CC1. The van der Waals surface area contributed by atoms with Crippen molar-refractivity contribution in [1.82, 2.24) is 19.4 Å². The molecule has 3 heterocycles. The van der Waals surface area contributed by atoms with Gasteiger partial charge >= 0.3 is 0 Å². The number of amides is 1. The maximum absolute atomic E-state index is 13.3. The number of imidazole rings is 1. The minimum absolute atomic E-state index is 0.122. The second-order valence-electron chi connectivity index (χ2n) is 8.88. The molecule has 7 heteroatoms. The van der Waals surface area contributed by atoms with Gasteiger partial charge in [-0.1, -0.05) is 42.5 Å². The highest BCUT2D eigenvalue weighted by atomic mass is 32.1. The zero-order chi connectivity index (χ0) is 23.6. The zero-order valence-electron chi connectivity index (χ0n) is 19.3. The third-order valence-electron chi connectivity index (χ3n) is 6.65. The Kier molecular flexibility index (Phi) is 5.92. The van der Waals surface area contributed by atoms with Crippen LogP contribution in [0.3, 0.4) is 0 Å². The van der Waals surface area contributed by atoms with Gasteiger partial charge in [-0.05, 0) is 49.2 Å². The van der Waals surface area contributed by atoms with Crippen LogP contribution in [0, 0.1) is 0 Å². The first-order valence-electron chi connectivity index (χ1n) is 12.0. The summed E-state index contributed by atoms with van der Waals surface area (Å²) in [4.78, 5) is 24.9. The molecule has 6 rings (SSSR count). The number of aromatic nitrogens is 3. The topological polar surface area (TPSA) is 60.3 Å². The Labute approximate surface area is 207 Å². The summed E-state index contributed by atoms with van der Waals surface area (Å²) in [6.07, 6.45) is 1.89. The van der Waals surface area contributed by atoms with Gasteiger partial charge in [0.05, 0.1) is 26.3 Å². The number of hydrogen-bond donors (Lipinski definition) is 0. The van der Waals surface area contributed by atoms with Crippen LogP contribution in [0.15, 0.2) is 78.9 Å². The predicted molar refractivity (Wildman–Crippen MR) is 139 cm³/mol. The summed E-state index contributed by atoms with van der Waals surface area (Å²) in [6.45, 7) is 2.08. The fraction of sp³-hybridized carbons (Fsp3) is 0.250. The number of carbonyl (C=O) groups is 1. The minimum Gasteiger partial charge on any atom is -0.486 e. The normalized spacial score (nSPS) is 14.6. The third kappa shape index (κ3) is 4.51. The number of nitrogens with zero attached hydrogens (tertiary/aromatic N) is 4. The predicted octanol–water partition coefficient (Wildman–Crippen LogP) is 5.63. The largest absolute Gasteiger partial charge is 0.486 e. The van der Waals surface area contributed by atoms with E-state index in [9.17, 15) is 4.79 Å². The number of para-hydroxylation sites is 4. The van der Waals surface area contributed by atoms with Gasteiger partial charge in [0, 0.05) is 19.0 Å². The maximum atomic E-state index is 13.3. The number of rotatable bonds is 6. The van der Waals surface area contributed by atoms with E-state index >= 15 is 0 Å². The van der Waals surface area contributed by atoms with E-state index in [1.54, 1.807) is 11.3 Å². The van der Waals surface area contributed by atoms with Crippen molar-refractivity contribution in [1.29, 1.82) is 0 Å². The van der Waals surface area contributed by atoms with Gasteiger partial charge < -0.3 is 14.2 Å². The van der Waals surface area contributed by atoms with Gasteiger partial charge in [0.1, 0.15) is 24.7 Å². The second-order valence-corrected chi connectivity index (χ2v) is 9.94. The summed E-state index contributed by atoms with van der Waals surface area (Å²) in [5.74, 6) is 2.08. The number of benzene rings is 3. The Balaban J connectivity index is 1.15. The van der Waals surface area contributed by atoms with Crippen LogP contribution in [0.2, 0.25) is 0 Å². The van der Waals surface area contributed by atoms with Crippen molar-refractivity contribution >= 4 is 38.5 Å². The average molecular weight is 483 g/mol. The number of thiazole rings is 1. The highest BCUT2D eigenvalue weighted by Crippen LogP contribution is 2.34. The van der Waals surface area contributed by atoms with Crippen LogP contribution in [0.4, 0.5) is 0 Å². The van der Waals surface area contributed by atoms with Crippen LogP contribution < -0.4 is 4.74 Å².